The second-order valence-electron chi connectivity index (χ2n) is 6.68. The maximum Gasteiger partial charge on any atom is 0.119 e. The van der Waals surface area contributed by atoms with E-state index in [0.29, 0.717) is 0 Å². The maximum absolute atomic E-state index is 5.87. The number of nitrogens with two attached hydrogens (primary N) is 1. The minimum Gasteiger partial charge on any atom is -0.491 e. The van der Waals surface area contributed by atoms with Crippen molar-refractivity contribution in [1.29, 1.82) is 0 Å². The Labute approximate surface area is 128 Å². The van der Waals surface area contributed by atoms with E-state index in [1.807, 2.05) is 26.0 Å². The molecule has 1 aliphatic heterocycles. The average Bonchev–Trinajstić information content (AvgIpc) is 2.95. The average molecular weight is 291 g/mol. The number of likely N-dealkylation sites (tertiary alicyclic amines) is 1. The Morgan fingerprint density at radius 1 is 1.14 bits per heavy atom. The number of benzene rings is 1. The quantitative estimate of drug-likeness (QED) is 0.625. The highest BCUT2D eigenvalue weighted by Crippen LogP contribution is 2.33. The van der Waals surface area contributed by atoms with Gasteiger partial charge in [0.05, 0.1) is 12.1 Å². The van der Waals surface area contributed by atoms with E-state index in [9.17, 15) is 0 Å². The monoisotopic (exact) mass is 291 g/mol. The summed E-state index contributed by atoms with van der Waals surface area (Å²) in [6.45, 7) is 10.9. The first-order valence-corrected chi connectivity index (χ1v) is 7.93. The molecule has 1 heterocycles. The third-order valence-electron chi connectivity index (χ3n) is 4.38. The Morgan fingerprint density at radius 2 is 1.71 bits per heavy atom. The molecule has 2 rings (SSSR count). The molecule has 0 spiro atoms. The first-order chi connectivity index (χ1) is 9.95. The second-order valence-corrected chi connectivity index (χ2v) is 6.68. The fraction of sp³-hybridized carbons (Fsp3) is 0.647. The first kappa shape index (κ1) is 16.3. The summed E-state index contributed by atoms with van der Waals surface area (Å²) in [4.78, 5) is 2.52. The number of nitrogens with zero attached hydrogens (tertiary/aromatic N) is 1. The molecule has 0 aliphatic carbocycles. The van der Waals surface area contributed by atoms with E-state index in [2.05, 4.69) is 36.3 Å². The van der Waals surface area contributed by atoms with Crippen LogP contribution >= 0.6 is 0 Å². The van der Waals surface area contributed by atoms with E-state index < -0.39 is 0 Å². The van der Waals surface area contributed by atoms with Crippen molar-refractivity contribution in [3.05, 3.63) is 29.8 Å². The van der Waals surface area contributed by atoms with Crippen molar-refractivity contribution in [2.24, 2.45) is 5.84 Å². The van der Waals surface area contributed by atoms with Crippen LogP contribution in [0, 0.1) is 0 Å². The lowest BCUT2D eigenvalue weighted by Crippen LogP contribution is -2.53. The molecule has 0 bridgehead atoms. The molecule has 1 aliphatic rings. The van der Waals surface area contributed by atoms with Crippen molar-refractivity contribution in [2.75, 3.05) is 13.1 Å². The fourth-order valence-electron chi connectivity index (χ4n) is 3.20. The summed E-state index contributed by atoms with van der Waals surface area (Å²) in [5.41, 5.74) is 4.20. The Morgan fingerprint density at radius 3 is 2.19 bits per heavy atom. The molecule has 0 aromatic heterocycles. The van der Waals surface area contributed by atoms with Crippen LogP contribution in [0.3, 0.4) is 0 Å². The topological polar surface area (TPSA) is 50.5 Å². The van der Waals surface area contributed by atoms with Gasteiger partial charge in [-0.25, -0.2) is 0 Å². The number of nitrogens with one attached hydrogen (secondary N) is 1. The third kappa shape index (κ3) is 3.76. The first-order valence-electron chi connectivity index (χ1n) is 7.93. The summed E-state index contributed by atoms with van der Waals surface area (Å²) in [6.07, 6.45) is 2.75. The van der Waals surface area contributed by atoms with Crippen molar-refractivity contribution in [3.8, 4) is 5.75 Å². The molecule has 1 fully saturated rings. The van der Waals surface area contributed by atoms with Crippen molar-refractivity contribution in [1.82, 2.24) is 10.3 Å². The van der Waals surface area contributed by atoms with Crippen LogP contribution in [0.15, 0.2) is 24.3 Å². The molecule has 0 radical (unpaired) electrons. The number of hydrazine groups is 1. The molecule has 1 aromatic rings. The van der Waals surface area contributed by atoms with Gasteiger partial charge in [-0.05, 0) is 71.3 Å². The SMILES string of the molecule is CC(C)Oc1ccc(C(NN)C(C)(C)N2CCCC2)cc1. The van der Waals surface area contributed by atoms with Gasteiger partial charge >= 0.3 is 0 Å². The van der Waals surface area contributed by atoms with Crippen LogP contribution in [0.1, 0.15) is 52.1 Å². The zero-order valence-corrected chi connectivity index (χ0v) is 13.7. The molecule has 4 heteroatoms. The minimum absolute atomic E-state index is 0.00826. The van der Waals surface area contributed by atoms with Gasteiger partial charge in [-0.2, -0.15) is 0 Å². The van der Waals surface area contributed by atoms with Crippen LogP contribution in [0.25, 0.3) is 0 Å². The van der Waals surface area contributed by atoms with E-state index in [1.165, 1.54) is 18.4 Å². The van der Waals surface area contributed by atoms with Gasteiger partial charge in [-0.3, -0.25) is 16.2 Å². The molecule has 4 nitrogen and oxygen atoms in total. The van der Waals surface area contributed by atoms with Crippen molar-refractivity contribution < 1.29 is 4.74 Å². The molecule has 3 N–H and O–H groups in total. The van der Waals surface area contributed by atoms with Crippen molar-refractivity contribution >= 4 is 0 Å². The Kier molecular flexibility index (Phi) is 5.25. The Bertz CT molecular complexity index is 436. The molecule has 0 saturated carbocycles. The van der Waals surface area contributed by atoms with Gasteiger partial charge < -0.3 is 4.74 Å². The van der Waals surface area contributed by atoms with E-state index in [1.54, 1.807) is 0 Å². The molecule has 1 aromatic carbocycles. The third-order valence-corrected chi connectivity index (χ3v) is 4.38. The summed E-state index contributed by atoms with van der Waals surface area (Å²) >= 11 is 0. The molecule has 1 atom stereocenters. The predicted octanol–water partition coefficient (Wildman–Crippen LogP) is 2.85. The van der Waals surface area contributed by atoms with E-state index >= 15 is 0 Å². The molecule has 21 heavy (non-hydrogen) atoms. The lowest BCUT2D eigenvalue weighted by Gasteiger charge is -2.42. The maximum atomic E-state index is 5.87. The van der Waals surface area contributed by atoms with Crippen LogP contribution in [0.5, 0.6) is 5.75 Å². The molecular formula is C17H29N3O. The molecule has 1 unspecified atom stereocenters. The van der Waals surface area contributed by atoms with E-state index in [4.69, 9.17) is 10.6 Å². The number of hydrogen-bond acceptors (Lipinski definition) is 4. The summed E-state index contributed by atoms with van der Waals surface area (Å²) < 4.78 is 5.71. The minimum atomic E-state index is -0.00826. The molecule has 0 amide bonds. The van der Waals surface area contributed by atoms with Gasteiger partial charge in [0, 0.05) is 5.54 Å². The van der Waals surface area contributed by atoms with E-state index in [0.717, 1.165) is 18.8 Å². The van der Waals surface area contributed by atoms with E-state index in [-0.39, 0.29) is 17.7 Å². The normalized spacial score (nSPS) is 18.2. The van der Waals surface area contributed by atoms with Crippen molar-refractivity contribution in [2.45, 2.75) is 58.2 Å². The smallest absolute Gasteiger partial charge is 0.119 e. The summed E-state index contributed by atoms with van der Waals surface area (Å²) in [5.74, 6) is 6.78. The Hall–Kier alpha value is -1.10. The highest BCUT2D eigenvalue weighted by molar-refractivity contribution is 5.31. The number of rotatable bonds is 6. The van der Waals surface area contributed by atoms with Gasteiger partial charge in [-0.15, -0.1) is 0 Å². The lowest BCUT2D eigenvalue weighted by molar-refractivity contribution is 0.107. The molecule has 118 valence electrons. The van der Waals surface area contributed by atoms with Crippen LogP contribution in [-0.2, 0) is 0 Å². The van der Waals surface area contributed by atoms with Gasteiger partial charge in [0.1, 0.15) is 5.75 Å². The van der Waals surface area contributed by atoms with Crippen LogP contribution in [0.4, 0.5) is 0 Å². The zero-order valence-electron chi connectivity index (χ0n) is 13.7. The second kappa shape index (κ2) is 6.77. The van der Waals surface area contributed by atoms with Gasteiger partial charge in [0.2, 0.25) is 0 Å². The van der Waals surface area contributed by atoms with Crippen LogP contribution < -0.4 is 16.0 Å². The number of ether oxygens (including phenoxy) is 1. The van der Waals surface area contributed by atoms with Gasteiger partial charge in [-0.1, -0.05) is 12.1 Å². The van der Waals surface area contributed by atoms with Crippen LogP contribution in [-0.4, -0.2) is 29.6 Å². The fourth-order valence-corrected chi connectivity index (χ4v) is 3.20. The predicted molar refractivity (Wildman–Crippen MR) is 87.2 cm³/mol. The molecule has 1 saturated heterocycles. The number of hydrogen-bond donors (Lipinski definition) is 2. The standard InChI is InChI=1S/C17H29N3O/c1-13(2)21-15-9-7-14(8-10-15)16(19-18)17(3,4)20-11-5-6-12-20/h7-10,13,16,19H,5-6,11-12,18H2,1-4H3. The van der Waals surface area contributed by atoms with Gasteiger partial charge in [0.15, 0.2) is 0 Å². The summed E-state index contributed by atoms with van der Waals surface area (Å²) in [7, 11) is 0. The Balaban J connectivity index is 2.16. The molecular weight excluding hydrogens is 262 g/mol. The lowest BCUT2D eigenvalue weighted by atomic mass is 9.87. The highest BCUT2D eigenvalue weighted by Gasteiger charge is 2.37. The highest BCUT2D eigenvalue weighted by atomic mass is 16.5. The van der Waals surface area contributed by atoms with Gasteiger partial charge in [0.25, 0.3) is 0 Å². The zero-order chi connectivity index (χ0) is 15.5. The summed E-state index contributed by atoms with van der Waals surface area (Å²) in [5, 5.41) is 0. The largest absolute Gasteiger partial charge is 0.491 e. The summed E-state index contributed by atoms with van der Waals surface area (Å²) in [6, 6.07) is 8.38. The van der Waals surface area contributed by atoms with Crippen LogP contribution in [0.2, 0.25) is 0 Å². The van der Waals surface area contributed by atoms with Crippen molar-refractivity contribution in [3.63, 3.8) is 0 Å².